The van der Waals surface area contributed by atoms with Gasteiger partial charge in [0, 0.05) is 11.4 Å². The van der Waals surface area contributed by atoms with E-state index in [0.29, 0.717) is 5.39 Å². The SMILES string of the molecule is CC(C)NC(=O)COC(=O)c1n[nH]c2ccccc12. The molecule has 0 aliphatic carbocycles. The minimum atomic E-state index is -0.614. The van der Waals surface area contributed by atoms with Crippen molar-refractivity contribution < 1.29 is 14.3 Å². The first-order valence-electron chi connectivity index (χ1n) is 5.97. The molecule has 100 valence electrons. The van der Waals surface area contributed by atoms with Crippen molar-refractivity contribution in [2.24, 2.45) is 0 Å². The number of ether oxygens (including phenoxy) is 1. The van der Waals surface area contributed by atoms with E-state index in [-0.39, 0.29) is 24.2 Å². The Morgan fingerprint density at radius 1 is 1.37 bits per heavy atom. The summed E-state index contributed by atoms with van der Waals surface area (Å²) in [7, 11) is 0. The van der Waals surface area contributed by atoms with Gasteiger partial charge in [0.15, 0.2) is 12.3 Å². The minimum Gasteiger partial charge on any atom is -0.451 e. The maximum Gasteiger partial charge on any atom is 0.359 e. The third-order valence-electron chi connectivity index (χ3n) is 2.45. The Bertz CT molecular complexity index is 604. The number of hydrogen-bond acceptors (Lipinski definition) is 4. The number of hydrogen-bond donors (Lipinski definition) is 2. The molecule has 6 nitrogen and oxygen atoms in total. The Hall–Kier alpha value is -2.37. The number of esters is 1. The highest BCUT2D eigenvalue weighted by Gasteiger charge is 2.16. The Labute approximate surface area is 110 Å². The summed E-state index contributed by atoms with van der Waals surface area (Å²) < 4.78 is 4.92. The molecule has 0 atom stereocenters. The number of aromatic amines is 1. The van der Waals surface area contributed by atoms with Gasteiger partial charge in [-0.2, -0.15) is 5.10 Å². The topological polar surface area (TPSA) is 84.1 Å². The van der Waals surface area contributed by atoms with Gasteiger partial charge in [0.25, 0.3) is 5.91 Å². The highest BCUT2D eigenvalue weighted by Crippen LogP contribution is 2.15. The Morgan fingerprint density at radius 2 is 2.11 bits per heavy atom. The lowest BCUT2D eigenvalue weighted by Crippen LogP contribution is -2.34. The van der Waals surface area contributed by atoms with E-state index in [2.05, 4.69) is 15.5 Å². The standard InChI is InChI=1S/C13H15N3O3/c1-8(2)14-11(17)7-19-13(18)12-9-5-3-4-6-10(9)15-16-12/h3-6,8H,7H2,1-2H3,(H,14,17)(H,15,16). The number of H-pyrrole nitrogens is 1. The first-order chi connectivity index (χ1) is 9.08. The molecule has 0 radical (unpaired) electrons. The molecule has 1 amide bonds. The van der Waals surface area contributed by atoms with Crippen LogP contribution in [0.25, 0.3) is 10.9 Å². The predicted octanol–water partition coefficient (Wildman–Crippen LogP) is 1.24. The monoisotopic (exact) mass is 261 g/mol. The van der Waals surface area contributed by atoms with Crippen molar-refractivity contribution >= 4 is 22.8 Å². The summed E-state index contributed by atoms with van der Waals surface area (Å²) in [6.07, 6.45) is 0. The summed E-state index contributed by atoms with van der Waals surface area (Å²) in [6.45, 7) is 3.36. The largest absolute Gasteiger partial charge is 0.451 e. The summed E-state index contributed by atoms with van der Waals surface area (Å²) in [4.78, 5) is 23.2. The molecular weight excluding hydrogens is 246 g/mol. The van der Waals surface area contributed by atoms with Crippen LogP contribution in [-0.4, -0.2) is 34.7 Å². The summed E-state index contributed by atoms with van der Waals surface area (Å²) in [5, 5.41) is 9.95. The highest BCUT2D eigenvalue weighted by molar-refractivity contribution is 6.02. The van der Waals surface area contributed by atoms with Gasteiger partial charge < -0.3 is 10.1 Å². The van der Waals surface area contributed by atoms with Crippen LogP contribution >= 0.6 is 0 Å². The molecule has 0 bridgehead atoms. The van der Waals surface area contributed by atoms with Crippen LogP contribution < -0.4 is 5.32 Å². The number of fused-ring (bicyclic) bond motifs is 1. The van der Waals surface area contributed by atoms with Gasteiger partial charge in [0.1, 0.15) is 0 Å². The number of nitrogens with one attached hydrogen (secondary N) is 2. The number of rotatable bonds is 4. The third-order valence-corrected chi connectivity index (χ3v) is 2.45. The summed E-state index contributed by atoms with van der Waals surface area (Å²) in [5.41, 5.74) is 0.939. The zero-order valence-corrected chi connectivity index (χ0v) is 10.8. The fraction of sp³-hybridized carbons (Fsp3) is 0.308. The van der Waals surface area contributed by atoms with Crippen molar-refractivity contribution in [1.29, 1.82) is 0 Å². The lowest BCUT2D eigenvalue weighted by molar-refractivity contribution is -0.124. The van der Waals surface area contributed by atoms with Gasteiger partial charge in [-0.1, -0.05) is 18.2 Å². The molecule has 1 heterocycles. The molecule has 0 fully saturated rings. The molecule has 0 saturated heterocycles. The van der Waals surface area contributed by atoms with Crippen molar-refractivity contribution in [3.63, 3.8) is 0 Å². The molecule has 6 heteroatoms. The van der Waals surface area contributed by atoms with Crippen molar-refractivity contribution in [1.82, 2.24) is 15.5 Å². The second-order valence-electron chi connectivity index (χ2n) is 4.42. The van der Waals surface area contributed by atoms with E-state index in [1.54, 1.807) is 12.1 Å². The first kappa shape index (κ1) is 13.1. The maximum absolute atomic E-state index is 11.8. The molecule has 0 aliphatic rings. The molecule has 19 heavy (non-hydrogen) atoms. The van der Waals surface area contributed by atoms with E-state index < -0.39 is 5.97 Å². The number of nitrogens with zero attached hydrogens (tertiary/aromatic N) is 1. The van der Waals surface area contributed by atoms with Crippen LogP contribution in [0.3, 0.4) is 0 Å². The van der Waals surface area contributed by atoms with Crippen LogP contribution in [0.15, 0.2) is 24.3 Å². The normalized spacial score (nSPS) is 10.7. The van der Waals surface area contributed by atoms with Gasteiger partial charge in [-0.05, 0) is 19.9 Å². The van der Waals surface area contributed by atoms with E-state index >= 15 is 0 Å². The fourth-order valence-corrected chi connectivity index (χ4v) is 1.68. The van der Waals surface area contributed by atoms with Crippen LogP contribution in [0.1, 0.15) is 24.3 Å². The summed E-state index contributed by atoms with van der Waals surface area (Å²) in [5.74, 6) is -0.945. The fourth-order valence-electron chi connectivity index (χ4n) is 1.68. The van der Waals surface area contributed by atoms with Crippen molar-refractivity contribution in [2.75, 3.05) is 6.61 Å². The molecule has 1 aromatic carbocycles. The molecule has 2 aromatic rings. The van der Waals surface area contributed by atoms with Gasteiger partial charge >= 0.3 is 5.97 Å². The van der Waals surface area contributed by atoms with Gasteiger partial charge in [-0.25, -0.2) is 4.79 Å². The zero-order valence-electron chi connectivity index (χ0n) is 10.8. The molecule has 2 N–H and O–H groups in total. The lowest BCUT2D eigenvalue weighted by atomic mass is 10.2. The summed E-state index contributed by atoms with van der Waals surface area (Å²) in [6, 6.07) is 7.23. The average Bonchev–Trinajstić information content (AvgIpc) is 2.79. The van der Waals surface area contributed by atoms with Crippen LogP contribution in [0.5, 0.6) is 0 Å². The Balaban J connectivity index is 2.02. The van der Waals surface area contributed by atoms with Gasteiger partial charge in [-0.15, -0.1) is 0 Å². The number of benzene rings is 1. The van der Waals surface area contributed by atoms with Gasteiger partial charge in [0.2, 0.25) is 0 Å². The second-order valence-corrected chi connectivity index (χ2v) is 4.42. The molecule has 0 unspecified atom stereocenters. The van der Waals surface area contributed by atoms with E-state index in [0.717, 1.165) is 5.52 Å². The predicted molar refractivity (Wildman–Crippen MR) is 69.7 cm³/mol. The van der Waals surface area contributed by atoms with E-state index in [1.165, 1.54) is 0 Å². The van der Waals surface area contributed by atoms with Crippen LogP contribution in [0.4, 0.5) is 0 Å². The van der Waals surface area contributed by atoms with Gasteiger partial charge in [0.05, 0.1) is 5.52 Å². The maximum atomic E-state index is 11.8. The van der Waals surface area contributed by atoms with Crippen LogP contribution in [-0.2, 0) is 9.53 Å². The van der Waals surface area contributed by atoms with Crippen molar-refractivity contribution in [2.45, 2.75) is 19.9 Å². The zero-order chi connectivity index (χ0) is 13.8. The molecule has 0 spiro atoms. The van der Waals surface area contributed by atoms with Crippen LogP contribution in [0.2, 0.25) is 0 Å². The molecular formula is C13H15N3O3. The van der Waals surface area contributed by atoms with Crippen molar-refractivity contribution in [3.05, 3.63) is 30.0 Å². The van der Waals surface area contributed by atoms with E-state index in [9.17, 15) is 9.59 Å². The molecule has 2 rings (SSSR count). The number of aromatic nitrogens is 2. The molecule has 1 aromatic heterocycles. The number of para-hydroxylation sites is 1. The second kappa shape index (κ2) is 5.51. The average molecular weight is 261 g/mol. The molecule has 0 saturated carbocycles. The summed E-state index contributed by atoms with van der Waals surface area (Å²) >= 11 is 0. The first-order valence-corrected chi connectivity index (χ1v) is 5.97. The van der Waals surface area contributed by atoms with E-state index in [1.807, 2.05) is 26.0 Å². The lowest BCUT2D eigenvalue weighted by Gasteiger charge is -2.08. The molecule has 0 aliphatic heterocycles. The van der Waals surface area contributed by atoms with Crippen molar-refractivity contribution in [3.8, 4) is 0 Å². The number of carbonyl (C=O) groups is 2. The number of amides is 1. The minimum absolute atomic E-state index is 0.0115. The van der Waals surface area contributed by atoms with Gasteiger partial charge in [-0.3, -0.25) is 9.89 Å². The Morgan fingerprint density at radius 3 is 2.84 bits per heavy atom. The Kier molecular flexibility index (Phi) is 3.79. The smallest absolute Gasteiger partial charge is 0.359 e. The quantitative estimate of drug-likeness (QED) is 0.811. The third kappa shape index (κ3) is 3.09. The highest BCUT2D eigenvalue weighted by atomic mass is 16.5. The van der Waals surface area contributed by atoms with E-state index in [4.69, 9.17) is 4.74 Å². The number of carbonyl (C=O) groups excluding carboxylic acids is 2. The van der Waals surface area contributed by atoms with Crippen LogP contribution in [0, 0.1) is 0 Å².